The molecule has 0 fully saturated rings. The molecule has 2 heterocycles. The molecule has 30 heavy (non-hydrogen) atoms. The first kappa shape index (κ1) is 20.0. The normalized spacial score (nSPS) is 10.7. The van der Waals surface area contributed by atoms with Gasteiger partial charge >= 0.3 is 0 Å². The maximum absolute atomic E-state index is 12.4. The van der Waals surface area contributed by atoms with Crippen molar-refractivity contribution in [3.05, 3.63) is 70.7 Å². The second-order valence-corrected chi connectivity index (χ2v) is 8.04. The molecule has 2 aromatic heterocycles. The van der Waals surface area contributed by atoms with E-state index in [0.717, 1.165) is 16.4 Å². The van der Waals surface area contributed by atoms with Crippen molar-refractivity contribution in [2.45, 2.75) is 17.3 Å². The summed E-state index contributed by atoms with van der Waals surface area (Å²) in [7, 11) is 1.57. The molecule has 0 spiro atoms. The molecule has 4 rings (SSSR count). The Morgan fingerprint density at radius 3 is 2.80 bits per heavy atom. The van der Waals surface area contributed by atoms with E-state index in [1.165, 1.54) is 23.1 Å². The number of methoxy groups -OCH3 is 1. The van der Waals surface area contributed by atoms with E-state index in [-0.39, 0.29) is 12.3 Å². The van der Waals surface area contributed by atoms with E-state index in [4.69, 9.17) is 4.74 Å². The van der Waals surface area contributed by atoms with Gasteiger partial charge < -0.3 is 10.1 Å². The van der Waals surface area contributed by atoms with Crippen LogP contribution in [-0.2, 0) is 17.0 Å². The van der Waals surface area contributed by atoms with E-state index in [0.29, 0.717) is 22.3 Å². The number of thiazole rings is 1. The number of benzene rings is 2. The van der Waals surface area contributed by atoms with Gasteiger partial charge in [-0.05, 0) is 34.7 Å². The number of amides is 1. The molecule has 2 aromatic carbocycles. The van der Waals surface area contributed by atoms with Gasteiger partial charge in [0, 0.05) is 11.1 Å². The first-order valence-electron chi connectivity index (χ1n) is 9.05. The molecule has 0 saturated heterocycles. The van der Waals surface area contributed by atoms with E-state index in [1.807, 2.05) is 47.8 Å². The fourth-order valence-electron chi connectivity index (χ4n) is 2.71. The lowest BCUT2D eigenvalue weighted by molar-refractivity contribution is -0.115. The molecule has 0 aliphatic heterocycles. The van der Waals surface area contributed by atoms with Gasteiger partial charge in [-0.3, -0.25) is 4.79 Å². The van der Waals surface area contributed by atoms with Gasteiger partial charge in [-0.1, -0.05) is 42.1 Å². The van der Waals surface area contributed by atoms with Crippen LogP contribution in [0.25, 0.3) is 5.69 Å². The van der Waals surface area contributed by atoms with Crippen LogP contribution in [0.4, 0.5) is 5.69 Å². The van der Waals surface area contributed by atoms with Gasteiger partial charge in [0.15, 0.2) is 0 Å². The van der Waals surface area contributed by atoms with Crippen LogP contribution in [0.2, 0.25) is 0 Å². The summed E-state index contributed by atoms with van der Waals surface area (Å²) < 4.78 is 6.95. The van der Waals surface area contributed by atoms with E-state index in [1.54, 1.807) is 23.9 Å². The fraction of sp³-hybridized carbons (Fsp3) is 0.150. The fourth-order valence-corrected chi connectivity index (χ4v) is 4.40. The first-order chi connectivity index (χ1) is 14.7. The van der Waals surface area contributed by atoms with E-state index in [9.17, 15) is 4.79 Å². The molecular weight excluding hydrogens is 420 g/mol. The second-order valence-electron chi connectivity index (χ2n) is 6.16. The Kier molecular flexibility index (Phi) is 6.35. The maximum atomic E-state index is 12.4. The van der Waals surface area contributed by atoms with Gasteiger partial charge in [0.05, 0.1) is 30.6 Å². The highest BCUT2D eigenvalue weighted by Crippen LogP contribution is 2.25. The third-order valence-corrected chi connectivity index (χ3v) is 5.93. The molecule has 0 unspecified atom stereocenters. The highest BCUT2D eigenvalue weighted by Gasteiger charge is 2.13. The number of carbonyl (C=O) groups is 1. The number of nitrogens with zero attached hydrogens (tertiary/aromatic N) is 5. The highest BCUT2D eigenvalue weighted by molar-refractivity contribution is 7.98. The van der Waals surface area contributed by atoms with Crippen LogP contribution in [0.3, 0.4) is 0 Å². The minimum atomic E-state index is -0.138. The summed E-state index contributed by atoms with van der Waals surface area (Å²) in [6.45, 7) is 0. The quantitative estimate of drug-likeness (QED) is 0.420. The summed E-state index contributed by atoms with van der Waals surface area (Å²) in [4.78, 5) is 16.9. The molecule has 152 valence electrons. The number of para-hydroxylation sites is 3. The number of aromatic nitrogens is 5. The number of ether oxygens (including phenoxy) is 1. The first-order valence-corrected chi connectivity index (χ1v) is 10.9. The van der Waals surface area contributed by atoms with Crippen molar-refractivity contribution < 1.29 is 9.53 Å². The molecule has 4 aromatic rings. The molecule has 10 heteroatoms. The molecule has 8 nitrogen and oxygen atoms in total. The van der Waals surface area contributed by atoms with Crippen LogP contribution >= 0.6 is 23.1 Å². The molecule has 0 radical (unpaired) electrons. The zero-order valence-corrected chi connectivity index (χ0v) is 17.7. The SMILES string of the molecule is COc1ccccc1NC(=O)Cc1nc(CSc2nnnn2-c2ccccc2)cs1. The van der Waals surface area contributed by atoms with Crippen molar-refractivity contribution in [2.75, 3.05) is 12.4 Å². The van der Waals surface area contributed by atoms with Crippen LogP contribution in [0, 0.1) is 0 Å². The Labute approximate surface area is 181 Å². The third kappa shape index (κ3) is 4.84. The zero-order valence-electron chi connectivity index (χ0n) is 16.1. The molecule has 0 aliphatic rings. The molecule has 0 atom stereocenters. The Morgan fingerprint density at radius 2 is 1.97 bits per heavy atom. The molecular formula is C20H18N6O2S2. The number of tetrazole rings is 1. The number of nitrogens with one attached hydrogen (secondary N) is 1. The Bertz CT molecular complexity index is 1130. The third-order valence-electron chi connectivity index (χ3n) is 4.08. The average Bonchev–Trinajstić information content (AvgIpc) is 3.42. The topological polar surface area (TPSA) is 94.8 Å². The lowest BCUT2D eigenvalue weighted by Crippen LogP contribution is -2.14. The monoisotopic (exact) mass is 438 g/mol. The molecule has 0 bridgehead atoms. The second kappa shape index (κ2) is 9.51. The Balaban J connectivity index is 1.35. The van der Waals surface area contributed by atoms with Gasteiger partial charge in [-0.25, -0.2) is 4.98 Å². The number of hydrogen-bond donors (Lipinski definition) is 1. The van der Waals surface area contributed by atoms with Crippen molar-refractivity contribution in [3.63, 3.8) is 0 Å². The number of carbonyl (C=O) groups excluding carboxylic acids is 1. The average molecular weight is 439 g/mol. The standard InChI is InChI=1S/C20H18N6O2S2/c1-28-17-10-6-5-9-16(17)22-18(27)11-19-21-14(12-29-19)13-30-20-23-24-25-26(20)15-7-3-2-4-8-15/h2-10,12H,11,13H2,1H3,(H,22,27). The van der Waals surface area contributed by atoms with E-state index in [2.05, 4.69) is 25.8 Å². The molecule has 0 aliphatic carbocycles. The predicted molar refractivity (Wildman–Crippen MR) is 116 cm³/mol. The highest BCUT2D eigenvalue weighted by atomic mass is 32.2. The summed E-state index contributed by atoms with van der Waals surface area (Å²) in [6.07, 6.45) is 0.204. The number of hydrogen-bond acceptors (Lipinski definition) is 8. The van der Waals surface area contributed by atoms with E-state index >= 15 is 0 Å². The van der Waals surface area contributed by atoms with E-state index < -0.39 is 0 Å². The van der Waals surface area contributed by atoms with Gasteiger partial charge in [-0.2, -0.15) is 4.68 Å². The van der Waals surface area contributed by atoms with Gasteiger partial charge in [0.2, 0.25) is 11.1 Å². The van der Waals surface area contributed by atoms with Gasteiger partial charge in [0.1, 0.15) is 10.8 Å². The lowest BCUT2D eigenvalue weighted by atomic mass is 10.3. The number of anilines is 1. The van der Waals surface area contributed by atoms with Crippen molar-refractivity contribution in [2.24, 2.45) is 0 Å². The molecule has 1 amide bonds. The lowest BCUT2D eigenvalue weighted by Gasteiger charge is -2.08. The van der Waals surface area contributed by atoms with Crippen molar-refractivity contribution >= 4 is 34.7 Å². The largest absolute Gasteiger partial charge is 0.495 e. The van der Waals surface area contributed by atoms with Gasteiger partial charge in [-0.15, -0.1) is 16.4 Å². The van der Waals surface area contributed by atoms with Crippen LogP contribution in [0.5, 0.6) is 5.75 Å². The Hall–Kier alpha value is -3.24. The predicted octanol–water partition coefficient (Wildman–Crippen LogP) is 3.60. The van der Waals surface area contributed by atoms with Crippen LogP contribution in [0.1, 0.15) is 10.7 Å². The maximum Gasteiger partial charge on any atom is 0.231 e. The zero-order chi connectivity index (χ0) is 20.8. The Morgan fingerprint density at radius 1 is 1.17 bits per heavy atom. The summed E-state index contributed by atoms with van der Waals surface area (Å²) in [6, 6.07) is 17.0. The van der Waals surface area contributed by atoms with Crippen LogP contribution in [0.15, 0.2) is 65.1 Å². The number of thioether (sulfide) groups is 1. The summed E-state index contributed by atoms with van der Waals surface area (Å²) in [5.74, 6) is 1.09. The van der Waals surface area contributed by atoms with Crippen LogP contribution < -0.4 is 10.1 Å². The minimum absolute atomic E-state index is 0.138. The van der Waals surface area contributed by atoms with Crippen LogP contribution in [-0.4, -0.2) is 38.2 Å². The number of rotatable bonds is 8. The van der Waals surface area contributed by atoms with Gasteiger partial charge in [0.25, 0.3) is 0 Å². The summed E-state index contributed by atoms with van der Waals surface area (Å²) in [5.41, 5.74) is 2.43. The molecule has 1 N–H and O–H groups in total. The van der Waals surface area contributed by atoms with Crippen molar-refractivity contribution in [1.29, 1.82) is 0 Å². The summed E-state index contributed by atoms with van der Waals surface area (Å²) >= 11 is 2.96. The summed E-state index contributed by atoms with van der Waals surface area (Å²) in [5, 5.41) is 18.2. The molecule has 0 saturated carbocycles. The van der Waals surface area contributed by atoms with Crippen molar-refractivity contribution in [1.82, 2.24) is 25.2 Å². The van der Waals surface area contributed by atoms with Crippen molar-refractivity contribution in [3.8, 4) is 11.4 Å². The minimum Gasteiger partial charge on any atom is -0.495 e. The smallest absolute Gasteiger partial charge is 0.231 e.